The van der Waals surface area contributed by atoms with Gasteiger partial charge in [-0.2, -0.15) is 0 Å². The average Bonchev–Trinajstić information content (AvgIpc) is 3.07. The molecular weight excluding hydrogens is 324 g/mol. The first-order valence-electron chi connectivity index (χ1n) is 8.07. The highest BCUT2D eigenvalue weighted by molar-refractivity contribution is 5.82. The van der Waals surface area contributed by atoms with Gasteiger partial charge in [-0.1, -0.05) is 35.5 Å². The Morgan fingerprint density at radius 3 is 2.72 bits per heavy atom. The van der Waals surface area contributed by atoms with Crippen molar-refractivity contribution in [3.8, 4) is 0 Å². The van der Waals surface area contributed by atoms with E-state index in [-0.39, 0.29) is 13.2 Å². The lowest BCUT2D eigenvalue weighted by molar-refractivity contribution is -0.146. The van der Waals surface area contributed by atoms with Gasteiger partial charge in [0, 0.05) is 26.3 Å². The van der Waals surface area contributed by atoms with E-state index >= 15 is 0 Å². The molecule has 25 heavy (non-hydrogen) atoms. The largest absolute Gasteiger partial charge is 0.480 e. The third-order valence-corrected chi connectivity index (χ3v) is 4.46. The van der Waals surface area contributed by atoms with Gasteiger partial charge < -0.3 is 14.7 Å². The Bertz CT molecular complexity index is 761. The van der Waals surface area contributed by atoms with E-state index in [1.165, 1.54) is 9.58 Å². The Morgan fingerprint density at radius 2 is 2.08 bits per heavy atom. The van der Waals surface area contributed by atoms with Crippen molar-refractivity contribution in [2.75, 3.05) is 13.1 Å². The van der Waals surface area contributed by atoms with Gasteiger partial charge in [-0.15, -0.1) is 5.10 Å². The van der Waals surface area contributed by atoms with Crippen LogP contribution in [0.5, 0.6) is 0 Å². The van der Waals surface area contributed by atoms with Crippen LogP contribution < -0.4 is 0 Å². The van der Waals surface area contributed by atoms with Crippen LogP contribution in [-0.4, -0.2) is 50.2 Å². The molecule has 0 spiro atoms. The molecule has 0 bridgehead atoms. The molecule has 1 N–H and O–H groups in total. The fraction of sp³-hybridized carbons (Fsp3) is 0.412. The molecule has 0 radical (unpaired) electrons. The predicted octanol–water partition coefficient (Wildman–Crippen LogP) is 1.57. The number of hydrogen-bond donors (Lipinski definition) is 1. The number of nitrogens with zero attached hydrogens (tertiary/aromatic N) is 4. The maximum Gasteiger partial charge on any atom is 0.410 e. The molecule has 0 saturated carbocycles. The molecule has 3 rings (SSSR count). The lowest BCUT2D eigenvalue weighted by Crippen LogP contribution is -2.53. The summed E-state index contributed by atoms with van der Waals surface area (Å²) in [7, 11) is 1.68. The van der Waals surface area contributed by atoms with Crippen molar-refractivity contribution in [2.45, 2.75) is 24.9 Å². The molecular formula is C17H20N4O4. The lowest BCUT2D eigenvalue weighted by Gasteiger charge is -2.37. The van der Waals surface area contributed by atoms with E-state index in [4.69, 9.17) is 4.74 Å². The van der Waals surface area contributed by atoms with Gasteiger partial charge in [0.25, 0.3) is 0 Å². The molecule has 1 fully saturated rings. The minimum atomic E-state index is -1.25. The molecule has 1 amide bonds. The summed E-state index contributed by atoms with van der Waals surface area (Å²) in [5.74, 6) is -1.01. The first-order valence-corrected chi connectivity index (χ1v) is 8.07. The summed E-state index contributed by atoms with van der Waals surface area (Å²) in [5.41, 5.74) is -0.00695. The van der Waals surface area contributed by atoms with E-state index < -0.39 is 17.5 Å². The number of aliphatic carboxylic acids is 1. The molecule has 1 atom stereocenters. The normalized spacial score (nSPS) is 20.3. The molecule has 8 nitrogen and oxygen atoms in total. The summed E-state index contributed by atoms with van der Waals surface area (Å²) in [6.45, 7) is 0.638. The van der Waals surface area contributed by atoms with Crippen LogP contribution in [-0.2, 0) is 28.6 Å². The number of carbonyl (C=O) groups is 2. The van der Waals surface area contributed by atoms with Gasteiger partial charge in [0.05, 0.1) is 0 Å². The van der Waals surface area contributed by atoms with Crippen molar-refractivity contribution in [1.29, 1.82) is 0 Å². The minimum absolute atomic E-state index is 0.0225. The van der Waals surface area contributed by atoms with Crippen molar-refractivity contribution >= 4 is 12.1 Å². The van der Waals surface area contributed by atoms with Crippen molar-refractivity contribution in [2.24, 2.45) is 7.05 Å². The molecule has 2 aromatic rings. The van der Waals surface area contributed by atoms with Crippen LogP contribution in [0.2, 0.25) is 0 Å². The molecule has 2 heterocycles. The number of piperidine rings is 1. The van der Waals surface area contributed by atoms with Crippen LogP contribution in [0.3, 0.4) is 0 Å². The van der Waals surface area contributed by atoms with Gasteiger partial charge in [0.2, 0.25) is 0 Å². The monoisotopic (exact) mass is 344 g/mol. The van der Waals surface area contributed by atoms with Crippen LogP contribution in [0.4, 0.5) is 4.79 Å². The lowest BCUT2D eigenvalue weighted by atomic mass is 9.77. The van der Waals surface area contributed by atoms with Gasteiger partial charge in [-0.25, -0.2) is 4.79 Å². The Kier molecular flexibility index (Phi) is 4.69. The maximum atomic E-state index is 12.4. The molecule has 1 saturated heterocycles. The zero-order valence-electron chi connectivity index (χ0n) is 14.0. The van der Waals surface area contributed by atoms with Crippen LogP contribution in [0.15, 0.2) is 36.5 Å². The summed E-state index contributed by atoms with van der Waals surface area (Å²) >= 11 is 0. The average molecular weight is 344 g/mol. The van der Waals surface area contributed by atoms with Crippen LogP contribution in [0.1, 0.15) is 24.1 Å². The van der Waals surface area contributed by atoms with Gasteiger partial charge in [-0.3, -0.25) is 9.48 Å². The Hall–Kier alpha value is -2.90. The minimum Gasteiger partial charge on any atom is -0.480 e. The zero-order valence-corrected chi connectivity index (χ0v) is 14.0. The van der Waals surface area contributed by atoms with E-state index in [2.05, 4.69) is 10.3 Å². The summed E-state index contributed by atoms with van der Waals surface area (Å²) < 4.78 is 6.80. The van der Waals surface area contributed by atoms with Crippen LogP contribution in [0, 0.1) is 0 Å². The fourth-order valence-corrected chi connectivity index (χ4v) is 3.08. The number of likely N-dealkylation sites (tertiary alicyclic amines) is 1. The van der Waals surface area contributed by atoms with Crippen molar-refractivity contribution in [1.82, 2.24) is 19.9 Å². The van der Waals surface area contributed by atoms with Crippen molar-refractivity contribution in [3.63, 3.8) is 0 Å². The van der Waals surface area contributed by atoms with E-state index in [1.54, 1.807) is 13.2 Å². The number of hydrogen-bond acceptors (Lipinski definition) is 5. The summed E-state index contributed by atoms with van der Waals surface area (Å²) in [6.07, 6.45) is 2.04. The smallest absolute Gasteiger partial charge is 0.410 e. The number of carboxylic acid groups (broad SMARTS) is 1. The standard InChI is InChI=1S/C17H20N4O4/c1-20-10-14(18-19-20)17(15(22)23)8-5-9-21(12-17)16(24)25-11-13-6-3-2-4-7-13/h2-4,6-7,10H,5,8-9,11-12H2,1H3,(H,22,23). The number of carbonyl (C=O) groups excluding carboxylic acids is 1. The Balaban J connectivity index is 1.72. The number of aromatic nitrogens is 3. The second-order valence-corrected chi connectivity index (χ2v) is 6.23. The Morgan fingerprint density at radius 1 is 1.32 bits per heavy atom. The van der Waals surface area contributed by atoms with E-state index in [1.807, 2.05) is 30.3 Å². The van der Waals surface area contributed by atoms with Crippen molar-refractivity contribution < 1.29 is 19.4 Å². The second-order valence-electron chi connectivity index (χ2n) is 6.23. The highest BCUT2D eigenvalue weighted by Crippen LogP contribution is 2.33. The first kappa shape index (κ1) is 16.9. The zero-order chi connectivity index (χ0) is 17.9. The molecule has 1 aliphatic rings. The molecule has 1 aromatic carbocycles. The molecule has 0 aliphatic carbocycles. The highest BCUT2D eigenvalue weighted by Gasteiger charge is 2.47. The number of benzene rings is 1. The van der Waals surface area contributed by atoms with Crippen molar-refractivity contribution in [3.05, 3.63) is 47.8 Å². The number of ether oxygens (including phenoxy) is 1. The number of amides is 1. The van der Waals surface area contributed by atoms with Gasteiger partial charge in [-0.05, 0) is 18.4 Å². The fourth-order valence-electron chi connectivity index (χ4n) is 3.08. The first-order chi connectivity index (χ1) is 12.0. The summed E-state index contributed by atoms with van der Waals surface area (Å²) in [6, 6.07) is 9.36. The van der Waals surface area contributed by atoms with Crippen LogP contribution in [0.25, 0.3) is 0 Å². The molecule has 1 unspecified atom stereocenters. The second kappa shape index (κ2) is 6.92. The number of rotatable bonds is 4. The SMILES string of the molecule is Cn1cc(C2(C(=O)O)CCCN(C(=O)OCc3ccccc3)C2)nn1. The number of aryl methyl sites for hydroxylation is 1. The van der Waals surface area contributed by atoms with Gasteiger partial charge in [0.1, 0.15) is 17.7 Å². The number of carboxylic acids is 1. The maximum absolute atomic E-state index is 12.4. The summed E-state index contributed by atoms with van der Waals surface area (Å²) in [5, 5.41) is 17.6. The molecule has 1 aliphatic heterocycles. The van der Waals surface area contributed by atoms with Gasteiger partial charge in [0.15, 0.2) is 0 Å². The van der Waals surface area contributed by atoms with E-state index in [0.29, 0.717) is 25.1 Å². The predicted molar refractivity (Wildman–Crippen MR) is 87.8 cm³/mol. The quantitative estimate of drug-likeness (QED) is 0.904. The topological polar surface area (TPSA) is 97.6 Å². The Labute approximate surface area is 145 Å². The molecule has 132 valence electrons. The van der Waals surface area contributed by atoms with E-state index in [9.17, 15) is 14.7 Å². The van der Waals surface area contributed by atoms with Gasteiger partial charge >= 0.3 is 12.1 Å². The third kappa shape index (κ3) is 3.47. The van der Waals surface area contributed by atoms with E-state index in [0.717, 1.165) is 5.56 Å². The van der Waals surface area contributed by atoms with Crippen LogP contribution >= 0.6 is 0 Å². The third-order valence-electron chi connectivity index (χ3n) is 4.46. The molecule has 1 aromatic heterocycles. The summed E-state index contributed by atoms with van der Waals surface area (Å²) in [4.78, 5) is 25.8. The highest BCUT2D eigenvalue weighted by atomic mass is 16.6. The molecule has 8 heteroatoms.